The summed E-state index contributed by atoms with van der Waals surface area (Å²) in [5.41, 5.74) is 4.72. The molecule has 4 amide bonds. The number of nitrogens with one attached hydrogen (secondary N) is 2. The normalized spacial score (nSPS) is 15.4. The lowest BCUT2D eigenvalue weighted by Crippen LogP contribution is -2.53. The van der Waals surface area contributed by atoms with E-state index in [1.165, 1.54) is 16.3 Å². The monoisotopic (exact) mass is 388 g/mol. The van der Waals surface area contributed by atoms with Crippen molar-refractivity contribution in [1.29, 1.82) is 0 Å². The Balaban J connectivity index is 2.13. The first-order valence-electron chi connectivity index (χ1n) is 7.57. The molecule has 1 aliphatic heterocycles. The van der Waals surface area contributed by atoms with Crippen LogP contribution >= 0.6 is 0 Å². The summed E-state index contributed by atoms with van der Waals surface area (Å²) in [6, 6.07) is 1.29. The second kappa shape index (κ2) is 8.49. The number of carbonyl (C=O) groups excluding carboxylic acids is 4. The largest absolute Gasteiger partial charge is 0.370 e. The zero-order chi connectivity index (χ0) is 20.1. The van der Waals surface area contributed by atoms with Gasteiger partial charge in [-0.2, -0.15) is 8.78 Å². The number of amides is 4. The van der Waals surface area contributed by atoms with Gasteiger partial charge in [0.25, 0.3) is 17.7 Å². The van der Waals surface area contributed by atoms with Gasteiger partial charge in [0, 0.05) is 12.2 Å². The zero-order valence-corrected chi connectivity index (χ0v) is 13.7. The summed E-state index contributed by atoms with van der Waals surface area (Å²) < 4.78 is 43.7. The number of benzene rings is 1. The van der Waals surface area contributed by atoms with Crippen LogP contribution in [0.1, 0.15) is 0 Å². The molecule has 0 saturated carbocycles. The van der Waals surface area contributed by atoms with Crippen molar-refractivity contribution in [2.75, 3.05) is 30.0 Å². The van der Waals surface area contributed by atoms with E-state index >= 15 is 0 Å². The molecule has 146 valence electrons. The van der Waals surface area contributed by atoms with E-state index < -0.39 is 41.7 Å². The predicted molar refractivity (Wildman–Crippen MR) is 85.3 cm³/mol. The summed E-state index contributed by atoms with van der Waals surface area (Å²) in [5.74, 6) is -5.91. The van der Waals surface area contributed by atoms with Gasteiger partial charge in [0.1, 0.15) is 12.4 Å². The van der Waals surface area contributed by atoms with Crippen molar-refractivity contribution in [3.8, 4) is 0 Å². The van der Waals surface area contributed by atoms with Crippen LogP contribution < -0.4 is 21.3 Å². The SMILES string of the molecule is NC(=O)[C@@H](NC(=O)C(F)F)C(=O)Nc1ccc(N2CCOCC2=O)cc1F. The topological polar surface area (TPSA) is 131 Å². The molecule has 4 N–H and O–H groups in total. The highest BCUT2D eigenvalue weighted by Crippen LogP contribution is 2.23. The van der Waals surface area contributed by atoms with E-state index in [1.807, 2.05) is 5.32 Å². The summed E-state index contributed by atoms with van der Waals surface area (Å²) in [5, 5.41) is 3.43. The molecule has 0 aliphatic carbocycles. The van der Waals surface area contributed by atoms with Gasteiger partial charge in [0.2, 0.25) is 5.91 Å². The Morgan fingerprint density at radius 3 is 2.48 bits per heavy atom. The standard InChI is InChI=1S/C15H15F3N4O5/c16-8-5-7(22-3-4-27-6-10(22)23)1-2-9(8)20-14(25)11(13(19)24)21-15(26)12(17)18/h1-2,5,11-12H,3-4,6H2,(H2,19,24)(H,20,25)(H,21,26)/t11-/m1/s1. The molecule has 0 spiro atoms. The maximum absolute atomic E-state index is 14.2. The number of anilines is 2. The molecule has 0 bridgehead atoms. The van der Waals surface area contributed by atoms with Crippen LogP contribution in [0.2, 0.25) is 0 Å². The van der Waals surface area contributed by atoms with Gasteiger partial charge in [-0.1, -0.05) is 0 Å². The molecule has 1 heterocycles. The second-order valence-electron chi connectivity index (χ2n) is 5.40. The van der Waals surface area contributed by atoms with Crippen LogP contribution in [0.15, 0.2) is 18.2 Å². The lowest BCUT2D eigenvalue weighted by atomic mass is 10.2. The number of alkyl halides is 2. The number of morpholine rings is 1. The highest BCUT2D eigenvalue weighted by atomic mass is 19.3. The quantitative estimate of drug-likeness (QED) is 0.558. The minimum Gasteiger partial charge on any atom is -0.370 e. The number of hydrogen-bond donors (Lipinski definition) is 3. The number of carbonyl (C=O) groups is 4. The van der Waals surface area contributed by atoms with E-state index in [1.54, 1.807) is 0 Å². The van der Waals surface area contributed by atoms with E-state index in [0.29, 0.717) is 0 Å². The number of primary amides is 1. The lowest BCUT2D eigenvalue weighted by molar-refractivity contribution is -0.138. The molecule has 1 aliphatic rings. The summed E-state index contributed by atoms with van der Waals surface area (Å²) in [4.78, 5) is 47.2. The zero-order valence-electron chi connectivity index (χ0n) is 13.7. The maximum atomic E-state index is 14.2. The van der Waals surface area contributed by atoms with Crippen molar-refractivity contribution < 1.29 is 37.1 Å². The Morgan fingerprint density at radius 1 is 1.22 bits per heavy atom. The first kappa shape index (κ1) is 20.2. The van der Waals surface area contributed by atoms with Crippen LogP contribution in [0.4, 0.5) is 24.5 Å². The summed E-state index contributed by atoms with van der Waals surface area (Å²) >= 11 is 0. The minimum atomic E-state index is -3.47. The number of ether oxygens (including phenoxy) is 1. The predicted octanol–water partition coefficient (Wildman–Crippen LogP) is -0.637. The Kier molecular flexibility index (Phi) is 6.34. The fourth-order valence-electron chi connectivity index (χ4n) is 2.24. The maximum Gasteiger partial charge on any atom is 0.315 e. The van der Waals surface area contributed by atoms with E-state index in [4.69, 9.17) is 10.5 Å². The van der Waals surface area contributed by atoms with Crippen LogP contribution in [-0.2, 0) is 23.9 Å². The molecule has 9 nitrogen and oxygen atoms in total. The molecule has 1 aromatic rings. The average molecular weight is 388 g/mol. The van der Waals surface area contributed by atoms with Crippen LogP contribution in [0.3, 0.4) is 0 Å². The second-order valence-corrected chi connectivity index (χ2v) is 5.40. The number of hydrogen-bond acceptors (Lipinski definition) is 5. The number of nitrogens with two attached hydrogens (primary N) is 1. The highest BCUT2D eigenvalue weighted by Gasteiger charge is 2.30. The molecule has 1 atom stereocenters. The molecule has 2 rings (SSSR count). The Morgan fingerprint density at radius 2 is 1.93 bits per heavy atom. The molecule has 0 radical (unpaired) electrons. The van der Waals surface area contributed by atoms with Crippen molar-refractivity contribution in [2.24, 2.45) is 5.73 Å². The third-order valence-corrected chi connectivity index (χ3v) is 3.54. The molecular weight excluding hydrogens is 373 g/mol. The lowest BCUT2D eigenvalue weighted by Gasteiger charge is -2.27. The summed E-state index contributed by atoms with van der Waals surface area (Å²) in [7, 11) is 0. The van der Waals surface area contributed by atoms with Crippen molar-refractivity contribution >= 4 is 35.0 Å². The van der Waals surface area contributed by atoms with Crippen LogP contribution in [0, 0.1) is 5.82 Å². The number of halogens is 3. The third-order valence-electron chi connectivity index (χ3n) is 3.54. The van der Waals surface area contributed by atoms with E-state index in [2.05, 4.69) is 0 Å². The fraction of sp³-hybridized carbons (Fsp3) is 0.333. The average Bonchev–Trinajstić information content (AvgIpc) is 2.61. The number of nitrogens with zero attached hydrogens (tertiary/aromatic N) is 1. The van der Waals surface area contributed by atoms with Gasteiger partial charge in [-0.15, -0.1) is 0 Å². The molecule has 0 aromatic heterocycles. The Labute approximate surface area is 150 Å². The first-order valence-corrected chi connectivity index (χ1v) is 7.57. The highest BCUT2D eigenvalue weighted by molar-refractivity contribution is 6.11. The molecule has 27 heavy (non-hydrogen) atoms. The van der Waals surface area contributed by atoms with E-state index in [0.717, 1.165) is 12.1 Å². The first-order chi connectivity index (χ1) is 12.7. The van der Waals surface area contributed by atoms with Crippen molar-refractivity contribution in [3.05, 3.63) is 24.0 Å². The van der Waals surface area contributed by atoms with Gasteiger partial charge in [-0.3, -0.25) is 19.2 Å². The van der Waals surface area contributed by atoms with Gasteiger partial charge in [0.15, 0.2) is 6.04 Å². The van der Waals surface area contributed by atoms with Gasteiger partial charge in [-0.25, -0.2) is 4.39 Å². The molecule has 1 aromatic carbocycles. The summed E-state index contributed by atoms with van der Waals surface area (Å²) in [6.45, 7) is 0.341. The smallest absolute Gasteiger partial charge is 0.315 e. The van der Waals surface area contributed by atoms with Gasteiger partial charge in [0.05, 0.1) is 12.3 Å². The van der Waals surface area contributed by atoms with E-state index in [-0.39, 0.29) is 31.4 Å². The Hall–Kier alpha value is -3.15. The van der Waals surface area contributed by atoms with Gasteiger partial charge < -0.3 is 26.0 Å². The van der Waals surface area contributed by atoms with Gasteiger partial charge in [-0.05, 0) is 18.2 Å². The molecular formula is C15H15F3N4O5. The minimum absolute atomic E-state index is 0.149. The molecule has 0 unspecified atom stereocenters. The van der Waals surface area contributed by atoms with Crippen molar-refractivity contribution in [3.63, 3.8) is 0 Å². The van der Waals surface area contributed by atoms with Crippen LogP contribution in [0.5, 0.6) is 0 Å². The van der Waals surface area contributed by atoms with Crippen LogP contribution in [0.25, 0.3) is 0 Å². The van der Waals surface area contributed by atoms with Crippen LogP contribution in [-0.4, -0.2) is 55.9 Å². The molecule has 12 heteroatoms. The number of rotatable bonds is 6. The fourth-order valence-corrected chi connectivity index (χ4v) is 2.24. The molecule has 1 fully saturated rings. The molecule has 1 saturated heterocycles. The van der Waals surface area contributed by atoms with Crippen molar-refractivity contribution in [2.45, 2.75) is 12.5 Å². The summed E-state index contributed by atoms with van der Waals surface area (Å²) in [6.07, 6.45) is -3.47. The van der Waals surface area contributed by atoms with Gasteiger partial charge >= 0.3 is 6.43 Å². The third kappa shape index (κ3) is 4.94. The Bertz CT molecular complexity index is 774. The van der Waals surface area contributed by atoms with E-state index in [9.17, 15) is 32.3 Å². The van der Waals surface area contributed by atoms with Crippen molar-refractivity contribution in [1.82, 2.24) is 5.32 Å².